The number of hydrogen-bond acceptors (Lipinski definition) is 3. The van der Waals surface area contributed by atoms with E-state index >= 15 is 0 Å². The third-order valence-corrected chi connectivity index (χ3v) is 6.21. The molecule has 1 aromatic carbocycles. The molecule has 0 spiro atoms. The number of hydrogen-bond donors (Lipinski definition) is 0. The van der Waals surface area contributed by atoms with Gasteiger partial charge in [-0.15, -0.1) is 0 Å². The minimum Gasteiger partial charge on any atom is -0.462 e. The lowest BCUT2D eigenvalue weighted by Gasteiger charge is -2.33. The molecule has 0 N–H and O–H groups in total. The van der Waals surface area contributed by atoms with Gasteiger partial charge in [0.25, 0.3) is 0 Å². The Balaban J connectivity index is 2.48. The molecule has 0 fully saturated rings. The van der Waals surface area contributed by atoms with E-state index in [0.29, 0.717) is 17.6 Å². The van der Waals surface area contributed by atoms with Crippen LogP contribution in [-0.4, -0.2) is 31.1 Å². The highest BCUT2D eigenvalue weighted by Gasteiger charge is 2.23. The van der Waals surface area contributed by atoms with E-state index < -0.39 is 0 Å². The van der Waals surface area contributed by atoms with Gasteiger partial charge in [0.2, 0.25) is 0 Å². The molecule has 0 aliphatic heterocycles. The molecule has 31 heavy (non-hydrogen) atoms. The van der Waals surface area contributed by atoms with Gasteiger partial charge < -0.3 is 9.64 Å². The zero-order chi connectivity index (χ0) is 23.5. The minimum atomic E-state index is -0.256. The summed E-state index contributed by atoms with van der Waals surface area (Å²) in [5.74, 6) is -0.256. The van der Waals surface area contributed by atoms with E-state index in [0.717, 1.165) is 31.4 Å². The number of esters is 1. The van der Waals surface area contributed by atoms with Crippen LogP contribution in [0.15, 0.2) is 42.6 Å². The van der Waals surface area contributed by atoms with Crippen LogP contribution < -0.4 is 0 Å². The van der Waals surface area contributed by atoms with Crippen LogP contribution in [0.3, 0.4) is 0 Å². The molecule has 0 bridgehead atoms. The summed E-state index contributed by atoms with van der Waals surface area (Å²) < 4.78 is 5.53. The van der Waals surface area contributed by atoms with E-state index in [1.807, 2.05) is 12.1 Å². The quantitative estimate of drug-likeness (QED) is 0.284. The molecule has 0 radical (unpaired) electrons. The van der Waals surface area contributed by atoms with Crippen LogP contribution in [0.1, 0.15) is 96.0 Å². The van der Waals surface area contributed by atoms with Crippen molar-refractivity contribution in [2.75, 3.05) is 20.2 Å². The molecular formula is C28H45NO2. The van der Waals surface area contributed by atoms with Crippen molar-refractivity contribution in [2.24, 2.45) is 10.8 Å². The third-order valence-electron chi connectivity index (χ3n) is 6.21. The molecule has 0 aliphatic rings. The summed E-state index contributed by atoms with van der Waals surface area (Å²) in [6.07, 6.45) is 10.9. The number of ether oxygens (including phenoxy) is 1. The van der Waals surface area contributed by atoms with Gasteiger partial charge in [-0.1, -0.05) is 78.3 Å². The van der Waals surface area contributed by atoms with Crippen LogP contribution in [0.25, 0.3) is 6.08 Å². The van der Waals surface area contributed by atoms with Crippen molar-refractivity contribution in [3.8, 4) is 0 Å². The number of nitrogens with zero attached hydrogens (tertiary/aromatic N) is 1. The van der Waals surface area contributed by atoms with E-state index in [1.54, 1.807) is 18.2 Å². The van der Waals surface area contributed by atoms with Crippen molar-refractivity contribution < 1.29 is 9.53 Å². The Labute approximate surface area is 191 Å². The lowest BCUT2D eigenvalue weighted by molar-refractivity contribution is 0.0450. The Morgan fingerprint density at radius 1 is 1.06 bits per heavy atom. The van der Waals surface area contributed by atoms with Gasteiger partial charge >= 0.3 is 5.97 Å². The van der Waals surface area contributed by atoms with Crippen LogP contribution in [0.4, 0.5) is 0 Å². The lowest BCUT2D eigenvalue weighted by atomic mass is 9.82. The summed E-state index contributed by atoms with van der Waals surface area (Å²) >= 11 is 0. The highest BCUT2D eigenvalue weighted by molar-refractivity contribution is 5.89. The maximum absolute atomic E-state index is 12.3. The minimum absolute atomic E-state index is 0.109. The van der Waals surface area contributed by atoms with Gasteiger partial charge in [-0.05, 0) is 61.1 Å². The molecule has 0 aliphatic carbocycles. The number of carbonyl (C=O) groups excluding carboxylic acids is 1. The molecule has 1 aromatic rings. The zero-order valence-corrected chi connectivity index (χ0v) is 21.1. The maximum atomic E-state index is 12.3. The fourth-order valence-electron chi connectivity index (χ4n) is 3.69. The Bertz CT molecular complexity index is 713. The molecule has 0 unspecified atom stereocenters. The topological polar surface area (TPSA) is 29.5 Å². The summed E-state index contributed by atoms with van der Waals surface area (Å²) in [5, 5.41) is 0. The largest absolute Gasteiger partial charge is 0.462 e. The molecule has 0 aromatic heterocycles. The average Bonchev–Trinajstić information content (AvgIpc) is 2.74. The van der Waals surface area contributed by atoms with Crippen LogP contribution in [-0.2, 0) is 4.74 Å². The maximum Gasteiger partial charge on any atom is 0.338 e. The second-order valence-corrected chi connectivity index (χ2v) is 10.3. The predicted octanol–water partition coefficient (Wildman–Crippen LogP) is 7.73. The van der Waals surface area contributed by atoms with E-state index in [4.69, 9.17) is 4.74 Å². The summed E-state index contributed by atoms with van der Waals surface area (Å²) in [6, 6.07) is 7.34. The van der Waals surface area contributed by atoms with Gasteiger partial charge in [0.15, 0.2) is 0 Å². The highest BCUT2D eigenvalue weighted by Crippen LogP contribution is 2.33. The van der Waals surface area contributed by atoms with E-state index in [-0.39, 0.29) is 11.4 Å². The molecule has 0 amide bonds. The van der Waals surface area contributed by atoms with Crippen molar-refractivity contribution in [1.82, 2.24) is 4.90 Å². The summed E-state index contributed by atoms with van der Waals surface area (Å²) in [6.45, 7) is 18.9. The van der Waals surface area contributed by atoms with Gasteiger partial charge in [-0.25, -0.2) is 4.79 Å². The predicted molar refractivity (Wildman–Crippen MR) is 134 cm³/mol. The summed E-state index contributed by atoms with van der Waals surface area (Å²) in [5.41, 5.74) is 3.45. The first kappa shape index (κ1) is 27.0. The fraction of sp³-hybridized carbons (Fsp3) is 0.607. The molecule has 174 valence electrons. The van der Waals surface area contributed by atoms with Crippen LogP contribution in [0, 0.1) is 10.8 Å². The summed E-state index contributed by atoms with van der Waals surface area (Å²) in [7, 11) is 2.20. The van der Waals surface area contributed by atoms with Crippen molar-refractivity contribution in [3.63, 3.8) is 0 Å². The van der Waals surface area contributed by atoms with Gasteiger partial charge in [0.05, 0.1) is 12.2 Å². The first-order valence-electron chi connectivity index (χ1n) is 11.8. The summed E-state index contributed by atoms with van der Waals surface area (Å²) in [4.78, 5) is 14.7. The third kappa shape index (κ3) is 10.2. The Morgan fingerprint density at radius 2 is 1.71 bits per heavy atom. The van der Waals surface area contributed by atoms with Crippen LogP contribution >= 0.6 is 0 Å². The standard InChI is InChI=1S/C28H45NO2/c1-9-12-17-28(6,7)22-25(11-3)29(8)20-18-27(4,5)19-21-31-26(30)24-15-13-23(10-2)14-16-24/h10-11,13-16H,2,9,12,17-22H2,1,3-8H3/b25-11+. The van der Waals surface area contributed by atoms with Crippen molar-refractivity contribution in [1.29, 1.82) is 0 Å². The number of benzene rings is 1. The molecule has 3 nitrogen and oxygen atoms in total. The van der Waals surface area contributed by atoms with Crippen LogP contribution in [0.2, 0.25) is 0 Å². The Morgan fingerprint density at radius 3 is 2.26 bits per heavy atom. The smallest absolute Gasteiger partial charge is 0.338 e. The Hall–Kier alpha value is -2.03. The van der Waals surface area contributed by atoms with Gasteiger partial charge in [-0.2, -0.15) is 0 Å². The number of allylic oxidation sites excluding steroid dienone is 2. The van der Waals surface area contributed by atoms with E-state index in [2.05, 4.69) is 66.1 Å². The van der Waals surface area contributed by atoms with E-state index in [9.17, 15) is 4.79 Å². The lowest BCUT2D eigenvalue weighted by Crippen LogP contribution is -2.28. The monoisotopic (exact) mass is 427 g/mol. The molecule has 0 heterocycles. The first-order chi connectivity index (χ1) is 14.5. The molecule has 0 saturated heterocycles. The molecular weight excluding hydrogens is 382 g/mol. The molecule has 3 heteroatoms. The fourth-order valence-corrected chi connectivity index (χ4v) is 3.69. The van der Waals surface area contributed by atoms with Crippen LogP contribution in [0.5, 0.6) is 0 Å². The number of unbranched alkanes of at least 4 members (excludes halogenated alkanes) is 1. The number of rotatable bonds is 14. The number of carbonyl (C=O) groups is 1. The van der Waals surface area contributed by atoms with Crippen molar-refractivity contribution in [2.45, 2.75) is 80.1 Å². The molecule has 0 atom stereocenters. The SMILES string of the molecule is C=Cc1ccc(C(=O)OCCC(C)(C)CCN(C)/C(=C/C)CC(C)(C)CCCC)cc1. The Kier molecular flexibility index (Phi) is 11.1. The molecule has 0 saturated carbocycles. The van der Waals surface area contributed by atoms with E-state index in [1.165, 1.54) is 25.0 Å². The second kappa shape index (κ2) is 12.7. The second-order valence-electron chi connectivity index (χ2n) is 10.3. The van der Waals surface area contributed by atoms with Crippen molar-refractivity contribution in [3.05, 3.63) is 53.7 Å². The normalized spacial score (nSPS) is 12.5. The van der Waals surface area contributed by atoms with Gasteiger partial charge in [0, 0.05) is 19.3 Å². The highest BCUT2D eigenvalue weighted by atomic mass is 16.5. The van der Waals surface area contributed by atoms with Gasteiger partial charge in [-0.3, -0.25) is 0 Å². The zero-order valence-electron chi connectivity index (χ0n) is 21.1. The first-order valence-corrected chi connectivity index (χ1v) is 11.8. The van der Waals surface area contributed by atoms with Gasteiger partial charge in [0.1, 0.15) is 0 Å². The van der Waals surface area contributed by atoms with Crippen molar-refractivity contribution >= 4 is 12.0 Å². The average molecular weight is 428 g/mol. The molecule has 1 rings (SSSR count).